The zero-order valence-corrected chi connectivity index (χ0v) is 11.9. The lowest BCUT2D eigenvalue weighted by Crippen LogP contribution is -2.34. The lowest BCUT2D eigenvalue weighted by Gasteiger charge is -2.30. The van der Waals surface area contributed by atoms with Crippen LogP contribution in [0, 0.1) is 0 Å². The van der Waals surface area contributed by atoms with E-state index in [1.807, 2.05) is 0 Å². The van der Waals surface area contributed by atoms with E-state index in [1.54, 1.807) is 7.11 Å². The zero-order valence-electron chi connectivity index (χ0n) is 11.9. The van der Waals surface area contributed by atoms with Crippen molar-refractivity contribution in [3.63, 3.8) is 0 Å². The van der Waals surface area contributed by atoms with Gasteiger partial charge in [0.05, 0.1) is 7.11 Å². The van der Waals surface area contributed by atoms with E-state index >= 15 is 0 Å². The highest BCUT2D eigenvalue weighted by atomic mass is 16.5. The topological polar surface area (TPSA) is 38.5 Å². The van der Waals surface area contributed by atoms with Crippen molar-refractivity contribution in [3.05, 3.63) is 23.3 Å². The molecule has 0 bridgehead atoms. The Bertz CT molecular complexity index is 435. The first-order valence-corrected chi connectivity index (χ1v) is 6.61. The number of nitrogens with two attached hydrogens (primary N) is 1. The Morgan fingerprint density at radius 2 is 2.11 bits per heavy atom. The molecule has 18 heavy (non-hydrogen) atoms. The summed E-state index contributed by atoms with van der Waals surface area (Å²) in [6.07, 6.45) is 3.13. The first-order valence-electron chi connectivity index (χ1n) is 6.61. The molecule has 0 unspecified atom stereocenters. The number of methoxy groups -OCH3 is 1. The fraction of sp³-hybridized carbons (Fsp3) is 0.600. The van der Waals surface area contributed by atoms with Crippen LogP contribution in [0.4, 0.5) is 5.69 Å². The highest BCUT2D eigenvalue weighted by Crippen LogP contribution is 2.37. The van der Waals surface area contributed by atoms with Crippen LogP contribution in [0.5, 0.6) is 5.75 Å². The summed E-state index contributed by atoms with van der Waals surface area (Å²) in [6.45, 7) is 5.23. The molecule has 2 N–H and O–H groups in total. The average Bonchev–Trinajstić information content (AvgIpc) is 2.27. The lowest BCUT2D eigenvalue weighted by molar-refractivity contribution is 0.396. The second kappa shape index (κ2) is 4.81. The minimum atomic E-state index is -0.206. The fourth-order valence-electron chi connectivity index (χ4n) is 2.76. The van der Waals surface area contributed by atoms with Crippen LogP contribution >= 0.6 is 0 Å². The van der Waals surface area contributed by atoms with Gasteiger partial charge in [-0.1, -0.05) is 6.07 Å². The molecule has 1 aliphatic heterocycles. The molecule has 100 valence electrons. The number of nitrogens with zero attached hydrogens (tertiary/aromatic N) is 1. The first-order chi connectivity index (χ1) is 8.42. The van der Waals surface area contributed by atoms with Gasteiger partial charge in [-0.25, -0.2) is 0 Å². The summed E-state index contributed by atoms with van der Waals surface area (Å²) in [6, 6.07) is 4.37. The molecule has 0 saturated carbocycles. The molecule has 0 aliphatic carbocycles. The number of anilines is 1. The summed E-state index contributed by atoms with van der Waals surface area (Å²) < 4.78 is 5.66. The highest BCUT2D eigenvalue weighted by Gasteiger charge is 2.22. The molecule has 0 atom stereocenters. The van der Waals surface area contributed by atoms with E-state index < -0.39 is 0 Å². The van der Waals surface area contributed by atoms with Gasteiger partial charge in [0, 0.05) is 30.4 Å². The Kier molecular flexibility index (Phi) is 3.53. The zero-order chi connectivity index (χ0) is 13.3. The fourth-order valence-corrected chi connectivity index (χ4v) is 2.76. The molecular weight excluding hydrogens is 224 g/mol. The molecule has 0 radical (unpaired) electrons. The number of benzene rings is 1. The quantitative estimate of drug-likeness (QED) is 0.892. The van der Waals surface area contributed by atoms with E-state index in [0.29, 0.717) is 0 Å². The van der Waals surface area contributed by atoms with Crippen molar-refractivity contribution in [1.29, 1.82) is 0 Å². The van der Waals surface area contributed by atoms with E-state index in [4.69, 9.17) is 10.5 Å². The van der Waals surface area contributed by atoms with Gasteiger partial charge in [0.25, 0.3) is 0 Å². The molecule has 1 aromatic rings. The number of ether oxygens (including phenoxy) is 1. The van der Waals surface area contributed by atoms with Gasteiger partial charge in [-0.15, -0.1) is 0 Å². The third-order valence-electron chi connectivity index (χ3n) is 3.50. The maximum absolute atomic E-state index is 6.13. The van der Waals surface area contributed by atoms with Crippen LogP contribution < -0.4 is 15.4 Å². The SMILES string of the molecule is COc1c(CC(C)(C)N)ccc2c1CCCN2C. The third-order valence-corrected chi connectivity index (χ3v) is 3.50. The molecule has 0 fully saturated rings. The standard InChI is InChI=1S/C15H24N2O/c1-15(2,16)10-11-7-8-13-12(14(11)18-4)6-5-9-17(13)3/h7-8H,5-6,9-10,16H2,1-4H3. The molecule has 0 saturated heterocycles. The van der Waals surface area contributed by atoms with Crippen LogP contribution in [0.2, 0.25) is 0 Å². The Hall–Kier alpha value is -1.22. The second-order valence-electron chi connectivity index (χ2n) is 5.95. The van der Waals surface area contributed by atoms with Gasteiger partial charge in [0.15, 0.2) is 0 Å². The monoisotopic (exact) mass is 248 g/mol. The van der Waals surface area contributed by atoms with E-state index in [0.717, 1.165) is 25.1 Å². The molecule has 1 heterocycles. The van der Waals surface area contributed by atoms with Crippen molar-refractivity contribution in [1.82, 2.24) is 0 Å². The van der Waals surface area contributed by atoms with Crippen LogP contribution in [0.15, 0.2) is 12.1 Å². The van der Waals surface area contributed by atoms with Gasteiger partial charge in [0.2, 0.25) is 0 Å². The van der Waals surface area contributed by atoms with E-state index in [2.05, 4.69) is 37.9 Å². The van der Waals surface area contributed by atoms with Crippen molar-refractivity contribution >= 4 is 5.69 Å². The number of fused-ring (bicyclic) bond motifs is 1. The summed E-state index contributed by atoms with van der Waals surface area (Å²) >= 11 is 0. The maximum Gasteiger partial charge on any atom is 0.127 e. The minimum absolute atomic E-state index is 0.206. The number of hydrogen-bond acceptors (Lipinski definition) is 3. The second-order valence-corrected chi connectivity index (χ2v) is 5.95. The van der Waals surface area contributed by atoms with Crippen molar-refractivity contribution in [3.8, 4) is 5.75 Å². The summed E-state index contributed by atoms with van der Waals surface area (Å²) in [4.78, 5) is 2.30. The molecule has 0 aromatic heterocycles. The predicted octanol–water partition coefficient (Wildman–Crippen LogP) is 2.36. The summed E-state index contributed by atoms with van der Waals surface area (Å²) in [5.41, 5.74) is 9.79. The largest absolute Gasteiger partial charge is 0.496 e. The highest BCUT2D eigenvalue weighted by molar-refractivity contribution is 5.63. The average molecular weight is 248 g/mol. The van der Waals surface area contributed by atoms with Gasteiger partial charge >= 0.3 is 0 Å². The van der Waals surface area contributed by atoms with Gasteiger partial charge in [-0.2, -0.15) is 0 Å². The van der Waals surface area contributed by atoms with Gasteiger partial charge in [0.1, 0.15) is 5.75 Å². The van der Waals surface area contributed by atoms with Crippen LogP contribution in [-0.2, 0) is 12.8 Å². The first kappa shape index (κ1) is 13.2. The van der Waals surface area contributed by atoms with Crippen LogP contribution in [0.1, 0.15) is 31.4 Å². The van der Waals surface area contributed by atoms with Crippen LogP contribution in [-0.4, -0.2) is 26.2 Å². The molecule has 1 aromatic carbocycles. The lowest BCUT2D eigenvalue weighted by atomic mass is 9.91. The minimum Gasteiger partial charge on any atom is -0.496 e. The number of rotatable bonds is 3. The van der Waals surface area contributed by atoms with E-state index in [9.17, 15) is 0 Å². The van der Waals surface area contributed by atoms with Crippen molar-refractivity contribution in [2.24, 2.45) is 5.73 Å². The predicted molar refractivity (Wildman–Crippen MR) is 76.6 cm³/mol. The van der Waals surface area contributed by atoms with Gasteiger partial charge < -0.3 is 15.4 Å². The summed E-state index contributed by atoms with van der Waals surface area (Å²) in [5, 5.41) is 0. The third kappa shape index (κ3) is 2.61. The molecule has 0 spiro atoms. The smallest absolute Gasteiger partial charge is 0.127 e. The van der Waals surface area contributed by atoms with Crippen LogP contribution in [0.3, 0.4) is 0 Å². The Labute approximate surface area is 110 Å². The molecule has 3 nitrogen and oxygen atoms in total. The van der Waals surface area contributed by atoms with E-state index in [1.165, 1.54) is 23.2 Å². The van der Waals surface area contributed by atoms with Gasteiger partial charge in [-0.3, -0.25) is 0 Å². The summed E-state index contributed by atoms with van der Waals surface area (Å²) in [5.74, 6) is 1.04. The van der Waals surface area contributed by atoms with Gasteiger partial charge in [-0.05, 0) is 44.7 Å². The van der Waals surface area contributed by atoms with Crippen LogP contribution in [0.25, 0.3) is 0 Å². The molecular formula is C15H24N2O. The Morgan fingerprint density at radius 3 is 2.72 bits per heavy atom. The molecule has 3 heteroatoms. The maximum atomic E-state index is 6.13. The Morgan fingerprint density at radius 1 is 1.39 bits per heavy atom. The van der Waals surface area contributed by atoms with Crippen molar-refractivity contribution in [2.75, 3.05) is 25.6 Å². The molecule has 2 rings (SSSR count). The molecule has 1 aliphatic rings. The van der Waals surface area contributed by atoms with Crippen molar-refractivity contribution < 1.29 is 4.74 Å². The van der Waals surface area contributed by atoms with E-state index in [-0.39, 0.29) is 5.54 Å². The number of hydrogen-bond donors (Lipinski definition) is 1. The Balaban J connectivity index is 2.44. The normalized spacial score (nSPS) is 15.5. The van der Waals surface area contributed by atoms with Crippen molar-refractivity contribution in [2.45, 2.75) is 38.6 Å². The molecule has 0 amide bonds. The summed E-state index contributed by atoms with van der Waals surface area (Å²) in [7, 11) is 3.90.